The maximum absolute atomic E-state index is 9.84. The maximum Gasteiger partial charge on any atom is 0.119 e. The quantitative estimate of drug-likeness (QED) is 0.699. The van der Waals surface area contributed by atoms with Crippen molar-refractivity contribution < 1.29 is 5.11 Å². The largest absolute Gasteiger partial charge is 0.508 e. The molecular formula is C13H17NO. The fourth-order valence-electron chi connectivity index (χ4n) is 3.29. The maximum atomic E-state index is 9.84. The standard InChI is InChI=1S/C13H17NO/c1-14-8-7-9-5-6-10-11(13(9)14)3-2-4-12(10)15/h2-4,9,13,15H,5-8H2,1H3/t9-,13+/m1/s1. The molecule has 1 heterocycles. The normalized spacial score (nSPS) is 29.9. The van der Waals surface area contributed by atoms with Crippen LogP contribution < -0.4 is 0 Å². The van der Waals surface area contributed by atoms with Gasteiger partial charge in [-0.15, -0.1) is 0 Å². The van der Waals surface area contributed by atoms with E-state index in [1.54, 1.807) is 0 Å². The lowest BCUT2D eigenvalue weighted by atomic mass is 9.80. The minimum Gasteiger partial charge on any atom is -0.508 e. The molecule has 1 aliphatic carbocycles. The lowest BCUT2D eigenvalue weighted by Gasteiger charge is -2.32. The van der Waals surface area contributed by atoms with E-state index in [2.05, 4.69) is 18.0 Å². The number of nitrogens with zero attached hydrogens (tertiary/aromatic N) is 1. The predicted molar refractivity (Wildman–Crippen MR) is 59.9 cm³/mol. The average molecular weight is 203 g/mol. The molecule has 0 unspecified atom stereocenters. The monoisotopic (exact) mass is 203 g/mol. The molecule has 0 spiro atoms. The van der Waals surface area contributed by atoms with Crippen LogP contribution in [0.5, 0.6) is 5.75 Å². The lowest BCUT2D eigenvalue weighted by Crippen LogP contribution is -2.25. The van der Waals surface area contributed by atoms with Gasteiger partial charge < -0.3 is 5.11 Å². The van der Waals surface area contributed by atoms with E-state index >= 15 is 0 Å². The van der Waals surface area contributed by atoms with Gasteiger partial charge in [-0.1, -0.05) is 12.1 Å². The van der Waals surface area contributed by atoms with E-state index in [1.165, 1.54) is 30.5 Å². The van der Waals surface area contributed by atoms with Crippen molar-refractivity contribution in [2.75, 3.05) is 13.6 Å². The summed E-state index contributed by atoms with van der Waals surface area (Å²) in [4.78, 5) is 2.43. The van der Waals surface area contributed by atoms with Gasteiger partial charge in [-0.05, 0) is 56.0 Å². The Bertz CT molecular complexity index is 388. The van der Waals surface area contributed by atoms with Gasteiger partial charge in [-0.3, -0.25) is 4.90 Å². The summed E-state index contributed by atoms with van der Waals surface area (Å²) in [5.41, 5.74) is 2.55. The molecule has 0 amide bonds. The summed E-state index contributed by atoms with van der Waals surface area (Å²) in [5, 5.41) is 9.84. The SMILES string of the molecule is CN1CC[C@H]2CCc3c(O)cccc3[C@H]21. The molecule has 15 heavy (non-hydrogen) atoms. The molecule has 2 aliphatic rings. The van der Waals surface area contributed by atoms with Crippen LogP contribution in [-0.4, -0.2) is 23.6 Å². The lowest BCUT2D eigenvalue weighted by molar-refractivity contribution is 0.255. The third-order valence-electron chi connectivity index (χ3n) is 4.05. The number of fused-ring (bicyclic) bond motifs is 3. The Morgan fingerprint density at radius 2 is 2.20 bits per heavy atom. The van der Waals surface area contributed by atoms with Gasteiger partial charge in [0.2, 0.25) is 0 Å². The second-order valence-electron chi connectivity index (χ2n) is 4.86. The third-order valence-corrected chi connectivity index (χ3v) is 4.05. The molecule has 2 atom stereocenters. The highest BCUT2D eigenvalue weighted by Crippen LogP contribution is 2.45. The van der Waals surface area contributed by atoms with E-state index in [0.717, 1.165) is 12.3 Å². The van der Waals surface area contributed by atoms with Crippen LogP contribution in [0.25, 0.3) is 0 Å². The van der Waals surface area contributed by atoms with Crippen LogP contribution in [0.1, 0.15) is 30.0 Å². The number of hydrogen-bond acceptors (Lipinski definition) is 2. The molecule has 0 bridgehead atoms. The molecule has 1 N–H and O–H groups in total. The van der Waals surface area contributed by atoms with Crippen LogP contribution in [0.2, 0.25) is 0 Å². The summed E-state index contributed by atoms with van der Waals surface area (Å²) in [7, 11) is 2.20. The molecule has 1 aromatic carbocycles. The van der Waals surface area contributed by atoms with Crippen LogP contribution in [0, 0.1) is 5.92 Å². The number of phenols is 1. The van der Waals surface area contributed by atoms with Crippen molar-refractivity contribution in [3.8, 4) is 5.75 Å². The van der Waals surface area contributed by atoms with E-state index in [1.807, 2.05) is 12.1 Å². The summed E-state index contributed by atoms with van der Waals surface area (Å²) in [6, 6.07) is 6.53. The Morgan fingerprint density at radius 3 is 3.07 bits per heavy atom. The molecule has 0 radical (unpaired) electrons. The fourth-order valence-corrected chi connectivity index (χ4v) is 3.29. The van der Waals surface area contributed by atoms with Crippen molar-refractivity contribution in [1.82, 2.24) is 4.90 Å². The molecule has 1 fully saturated rings. The summed E-state index contributed by atoms with van der Waals surface area (Å²) in [5.74, 6) is 1.30. The molecule has 1 saturated heterocycles. The van der Waals surface area contributed by atoms with E-state index in [0.29, 0.717) is 11.8 Å². The molecule has 1 aromatic rings. The molecule has 0 saturated carbocycles. The number of phenolic OH excluding ortho intramolecular Hbond substituents is 1. The van der Waals surface area contributed by atoms with Gasteiger partial charge in [-0.2, -0.15) is 0 Å². The van der Waals surface area contributed by atoms with Crippen LogP contribution >= 0.6 is 0 Å². The van der Waals surface area contributed by atoms with Crippen LogP contribution in [0.4, 0.5) is 0 Å². The summed E-state index contributed by atoms with van der Waals surface area (Å²) >= 11 is 0. The number of benzene rings is 1. The van der Waals surface area contributed by atoms with Gasteiger partial charge in [-0.25, -0.2) is 0 Å². The van der Waals surface area contributed by atoms with E-state index in [-0.39, 0.29) is 0 Å². The highest BCUT2D eigenvalue weighted by atomic mass is 16.3. The summed E-state index contributed by atoms with van der Waals surface area (Å²) in [6.07, 6.45) is 3.60. The topological polar surface area (TPSA) is 23.5 Å². The zero-order chi connectivity index (χ0) is 10.4. The predicted octanol–water partition coefficient (Wildman–Crippen LogP) is 2.33. The first kappa shape index (κ1) is 9.22. The molecule has 3 rings (SSSR count). The molecule has 0 aromatic heterocycles. The first-order valence-corrected chi connectivity index (χ1v) is 5.78. The number of aromatic hydroxyl groups is 1. The first-order chi connectivity index (χ1) is 7.27. The van der Waals surface area contributed by atoms with Gasteiger partial charge >= 0.3 is 0 Å². The van der Waals surface area contributed by atoms with Gasteiger partial charge in [0, 0.05) is 6.04 Å². The van der Waals surface area contributed by atoms with E-state index in [4.69, 9.17) is 0 Å². The summed E-state index contributed by atoms with van der Waals surface area (Å²) in [6.45, 7) is 1.20. The Labute approximate surface area is 90.5 Å². The van der Waals surface area contributed by atoms with Crippen molar-refractivity contribution >= 4 is 0 Å². The first-order valence-electron chi connectivity index (χ1n) is 5.78. The number of likely N-dealkylation sites (tertiary alicyclic amines) is 1. The second kappa shape index (κ2) is 3.24. The van der Waals surface area contributed by atoms with Crippen LogP contribution in [-0.2, 0) is 6.42 Å². The van der Waals surface area contributed by atoms with E-state index < -0.39 is 0 Å². The Hall–Kier alpha value is -1.02. The molecule has 2 nitrogen and oxygen atoms in total. The minimum absolute atomic E-state index is 0.492. The Morgan fingerprint density at radius 1 is 1.33 bits per heavy atom. The van der Waals surface area contributed by atoms with Crippen molar-refractivity contribution in [3.63, 3.8) is 0 Å². The smallest absolute Gasteiger partial charge is 0.119 e. The van der Waals surface area contributed by atoms with E-state index in [9.17, 15) is 5.11 Å². The third kappa shape index (κ3) is 1.28. The second-order valence-corrected chi connectivity index (χ2v) is 4.86. The molecule has 2 heteroatoms. The Balaban J connectivity index is 2.10. The Kier molecular flexibility index (Phi) is 1.99. The highest BCUT2D eigenvalue weighted by molar-refractivity contribution is 5.43. The van der Waals surface area contributed by atoms with Crippen molar-refractivity contribution in [2.24, 2.45) is 5.92 Å². The van der Waals surface area contributed by atoms with Gasteiger partial charge in [0.1, 0.15) is 5.75 Å². The summed E-state index contributed by atoms with van der Waals surface area (Å²) < 4.78 is 0. The van der Waals surface area contributed by atoms with Crippen molar-refractivity contribution in [3.05, 3.63) is 29.3 Å². The van der Waals surface area contributed by atoms with Gasteiger partial charge in [0.15, 0.2) is 0 Å². The zero-order valence-electron chi connectivity index (χ0n) is 9.11. The molecular weight excluding hydrogens is 186 g/mol. The average Bonchev–Trinajstić information content (AvgIpc) is 2.61. The fraction of sp³-hybridized carbons (Fsp3) is 0.538. The van der Waals surface area contributed by atoms with Gasteiger partial charge in [0.05, 0.1) is 0 Å². The highest BCUT2D eigenvalue weighted by Gasteiger charge is 2.37. The van der Waals surface area contributed by atoms with Crippen molar-refractivity contribution in [1.29, 1.82) is 0 Å². The molecule has 80 valence electrons. The minimum atomic E-state index is 0.492. The van der Waals surface area contributed by atoms with Gasteiger partial charge in [0.25, 0.3) is 0 Å². The zero-order valence-corrected chi connectivity index (χ0v) is 9.11. The number of rotatable bonds is 0. The van der Waals surface area contributed by atoms with Crippen molar-refractivity contribution in [2.45, 2.75) is 25.3 Å². The van der Waals surface area contributed by atoms with Crippen LogP contribution in [0.15, 0.2) is 18.2 Å². The van der Waals surface area contributed by atoms with Crippen LogP contribution in [0.3, 0.4) is 0 Å². The number of hydrogen-bond donors (Lipinski definition) is 1. The molecule has 1 aliphatic heterocycles.